The van der Waals surface area contributed by atoms with Crippen molar-refractivity contribution in [2.45, 2.75) is 57.2 Å². The second-order valence-electron chi connectivity index (χ2n) is 10.9. The first kappa shape index (κ1) is 33.9. The molecule has 0 heterocycles. The lowest BCUT2D eigenvalue weighted by Gasteiger charge is -2.35. The minimum absolute atomic E-state index is 0.000413. The molecule has 1 atom stereocenters. The Morgan fingerprint density at radius 2 is 1.66 bits per heavy atom. The van der Waals surface area contributed by atoms with E-state index in [1.54, 1.807) is 18.2 Å². The molecule has 0 saturated heterocycles. The van der Waals surface area contributed by atoms with Gasteiger partial charge in [-0.3, -0.25) is 13.9 Å². The molecule has 0 aliphatic heterocycles. The smallest absolute Gasteiger partial charge is 0.244 e. The Kier molecular flexibility index (Phi) is 11.8. The third-order valence-electron chi connectivity index (χ3n) is 7.68. The van der Waals surface area contributed by atoms with Gasteiger partial charge in [0.25, 0.3) is 0 Å². The van der Waals surface area contributed by atoms with E-state index in [9.17, 15) is 18.0 Å². The first-order valence-corrected chi connectivity index (χ1v) is 17.3. The molecule has 1 saturated carbocycles. The van der Waals surface area contributed by atoms with Crippen molar-refractivity contribution >= 4 is 62.3 Å². The summed E-state index contributed by atoms with van der Waals surface area (Å²) in [6.07, 6.45) is 6.10. The predicted molar refractivity (Wildman–Crippen MR) is 176 cm³/mol. The molecule has 236 valence electrons. The highest BCUT2D eigenvalue weighted by atomic mass is 35.5. The van der Waals surface area contributed by atoms with Crippen LogP contribution in [-0.4, -0.2) is 57.1 Å². The van der Waals surface area contributed by atoms with E-state index in [2.05, 4.69) is 5.32 Å². The average molecular weight is 681 g/mol. The van der Waals surface area contributed by atoms with Crippen LogP contribution in [0.5, 0.6) is 5.75 Å². The molecule has 3 aromatic rings. The predicted octanol–water partition coefficient (Wildman–Crippen LogP) is 6.51. The van der Waals surface area contributed by atoms with Gasteiger partial charge in [-0.2, -0.15) is 0 Å². The molecule has 0 aromatic heterocycles. The van der Waals surface area contributed by atoms with Gasteiger partial charge in [-0.05, 0) is 54.3 Å². The monoisotopic (exact) mass is 679 g/mol. The quantitative estimate of drug-likeness (QED) is 0.235. The van der Waals surface area contributed by atoms with Gasteiger partial charge in [-0.15, -0.1) is 0 Å². The van der Waals surface area contributed by atoms with E-state index in [1.165, 1.54) is 30.2 Å². The number of hydrogen-bond donors (Lipinski definition) is 1. The zero-order valence-corrected chi connectivity index (χ0v) is 27.7. The van der Waals surface area contributed by atoms with Gasteiger partial charge in [0, 0.05) is 29.1 Å². The van der Waals surface area contributed by atoms with E-state index >= 15 is 0 Å². The molecule has 3 aromatic carbocycles. The molecule has 0 bridgehead atoms. The molecule has 2 amide bonds. The first-order valence-electron chi connectivity index (χ1n) is 14.3. The molecule has 4 rings (SSSR count). The number of anilines is 1. The minimum Gasteiger partial charge on any atom is -0.495 e. The molecule has 1 N–H and O–H groups in total. The molecular formula is C32H36Cl3N3O5S. The van der Waals surface area contributed by atoms with Crippen molar-refractivity contribution in [2.24, 2.45) is 0 Å². The third-order valence-corrected chi connectivity index (χ3v) is 9.70. The fraction of sp³-hybridized carbons (Fsp3) is 0.375. The van der Waals surface area contributed by atoms with Crippen molar-refractivity contribution in [1.29, 1.82) is 0 Å². The summed E-state index contributed by atoms with van der Waals surface area (Å²) in [6, 6.07) is 17.8. The van der Waals surface area contributed by atoms with Gasteiger partial charge >= 0.3 is 0 Å². The van der Waals surface area contributed by atoms with E-state index in [0.717, 1.165) is 48.2 Å². The van der Waals surface area contributed by atoms with Gasteiger partial charge in [-0.25, -0.2) is 8.42 Å². The Morgan fingerprint density at radius 1 is 0.955 bits per heavy atom. The van der Waals surface area contributed by atoms with E-state index in [4.69, 9.17) is 39.5 Å². The highest BCUT2D eigenvalue weighted by molar-refractivity contribution is 7.92. The molecule has 0 radical (unpaired) electrons. The van der Waals surface area contributed by atoms with Crippen molar-refractivity contribution < 1.29 is 22.7 Å². The van der Waals surface area contributed by atoms with Crippen molar-refractivity contribution in [3.05, 3.63) is 92.9 Å². The number of sulfonamides is 1. The number of halogens is 3. The van der Waals surface area contributed by atoms with E-state index < -0.39 is 28.5 Å². The summed E-state index contributed by atoms with van der Waals surface area (Å²) in [5, 5.41) is 4.10. The molecule has 12 heteroatoms. The number of rotatable bonds is 12. The fourth-order valence-electron chi connectivity index (χ4n) is 5.36. The van der Waals surface area contributed by atoms with Crippen molar-refractivity contribution in [2.75, 3.05) is 24.2 Å². The normalized spacial score (nSPS) is 14.5. The number of ether oxygens (including phenoxy) is 1. The Balaban J connectivity index is 1.75. The molecule has 44 heavy (non-hydrogen) atoms. The van der Waals surface area contributed by atoms with E-state index in [-0.39, 0.29) is 35.6 Å². The van der Waals surface area contributed by atoms with Crippen LogP contribution in [-0.2, 0) is 32.6 Å². The molecule has 0 spiro atoms. The number of hydrogen-bond acceptors (Lipinski definition) is 5. The SMILES string of the molecule is COc1ccc(N(CC(=O)N(Cc2ccc(Cl)cc2Cl)C(Cc2ccccc2)C(=O)NC2CCCCC2)S(C)(=O)=O)cc1Cl. The van der Waals surface area contributed by atoms with Crippen LogP contribution in [0.15, 0.2) is 66.7 Å². The van der Waals surface area contributed by atoms with Crippen LogP contribution in [0.25, 0.3) is 0 Å². The van der Waals surface area contributed by atoms with Crippen LogP contribution in [0, 0.1) is 0 Å². The highest BCUT2D eigenvalue weighted by Crippen LogP contribution is 2.31. The first-order chi connectivity index (χ1) is 21.0. The van der Waals surface area contributed by atoms with Crippen LogP contribution in [0.4, 0.5) is 5.69 Å². The summed E-state index contributed by atoms with van der Waals surface area (Å²) in [5.41, 5.74) is 1.59. The zero-order chi connectivity index (χ0) is 31.9. The number of carbonyl (C=O) groups is 2. The van der Waals surface area contributed by atoms with Crippen LogP contribution in [0.2, 0.25) is 15.1 Å². The largest absolute Gasteiger partial charge is 0.495 e. The molecule has 8 nitrogen and oxygen atoms in total. The molecule has 1 unspecified atom stereocenters. The number of benzene rings is 3. The summed E-state index contributed by atoms with van der Waals surface area (Å²) >= 11 is 19.0. The second kappa shape index (κ2) is 15.3. The fourth-order valence-corrected chi connectivity index (χ4v) is 6.92. The number of nitrogens with zero attached hydrogens (tertiary/aromatic N) is 2. The zero-order valence-electron chi connectivity index (χ0n) is 24.6. The summed E-state index contributed by atoms with van der Waals surface area (Å²) in [7, 11) is -2.51. The topological polar surface area (TPSA) is 96.0 Å². The lowest BCUT2D eigenvalue weighted by molar-refractivity contribution is -0.140. The van der Waals surface area contributed by atoms with Gasteiger partial charge < -0.3 is 15.0 Å². The number of nitrogens with one attached hydrogen (secondary N) is 1. The lowest BCUT2D eigenvalue weighted by atomic mass is 9.94. The van der Waals surface area contributed by atoms with Crippen LogP contribution in [0.3, 0.4) is 0 Å². The van der Waals surface area contributed by atoms with E-state index in [1.807, 2.05) is 30.3 Å². The number of methoxy groups -OCH3 is 1. The van der Waals surface area contributed by atoms with Crippen LogP contribution in [0.1, 0.15) is 43.2 Å². The molecule has 1 fully saturated rings. The second-order valence-corrected chi connectivity index (χ2v) is 14.1. The Morgan fingerprint density at radius 3 is 2.27 bits per heavy atom. The Labute approximate surface area is 274 Å². The van der Waals surface area contributed by atoms with Crippen molar-refractivity contribution in [3.8, 4) is 5.75 Å². The standard InChI is InChI=1S/C32H36Cl3N3O5S/c1-43-30-16-15-26(19-28(30)35)38(44(2,41)42)21-31(39)37(20-23-13-14-24(33)18-27(23)34)29(17-22-9-5-3-6-10-22)32(40)36-25-11-7-4-8-12-25/h3,5-6,9-10,13-16,18-19,25,29H,4,7-8,11-12,17,20-21H2,1-2H3,(H,36,40). The lowest BCUT2D eigenvalue weighted by Crippen LogP contribution is -2.55. The summed E-state index contributed by atoms with van der Waals surface area (Å²) < 4.78 is 32.2. The number of amides is 2. The van der Waals surface area contributed by atoms with Crippen molar-refractivity contribution in [1.82, 2.24) is 10.2 Å². The summed E-state index contributed by atoms with van der Waals surface area (Å²) in [6.45, 7) is -0.625. The van der Waals surface area contributed by atoms with Crippen LogP contribution >= 0.6 is 34.8 Å². The summed E-state index contributed by atoms with van der Waals surface area (Å²) in [5.74, 6) is -0.540. The average Bonchev–Trinajstić information content (AvgIpc) is 2.99. The molecule has 1 aliphatic rings. The van der Waals surface area contributed by atoms with Crippen molar-refractivity contribution in [3.63, 3.8) is 0 Å². The number of carbonyl (C=O) groups excluding carboxylic acids is 2. The van der Waals surface area contributed by atoms with E-state index in [0.29, 0.717) is 21.4 Å². The van der Waals surface area contributed by atoms with Gasteiger partial charge in [0.05, 0.1) is 24.1 Å². The van der Waals surface area contributed by atoms with Gasteiger partial charge in [0.1, 0.15) is 18.3 Å². The minimum atomic E-state index is -3.95. The van der Waals surface area contributed by atoms with Gasteiger partial charge in [0.2, 0.25) is 21.8 Å². The van der Waals surface area contributed by atoms with Gasteiger partial charge in [0.15, 0.2) is 0 Å². The van der Waals surface area contributed by atoms with Crippen LogP contribution < -0.4 is 14.4 Å². The molecular weight excluding hydrogens is 645 g/mol. The summed E-state index contributed by atoms with van der Waals surface area (Å²) in [4.78, 5) is 29.7. The Bertz CT molecular complexity index is 1570. The molecule has 1 aliphatic carbocycles. The maximum Gasteiger partial charge on any atom is 0.244 e. The Hall–Kier alpha value is -2.98. The maximum atomic E-state index is 14.3. The van der Waals surface area contributed by atoms with Gasteiger partial charge in [-0.1, -0.05) is 90.5 Å². The highest BCUT2D eigenvalue weighted by Gasteiger charge is 2.34. The maximum absolute atomic E-state index is 14.3. The third kappa shape index (κ3) is 9.03.